The summed E-state index contributed by atoms with van der Waals surface area (Å²) in [5.41, 5.74) is 0. The lowest BCUT2D eigenvalue weighted by Gasteiger charge is -2.20. The van der Waals surface area contributed by atoms with Gasteiger partial charge >= 0.3 is 0 Å². The van der Waals surface area contributed by atoms with E-state index in [1.165, 1.54) is 135 Å². The molecule has 0 radical (unpaired) electrons. The fourth-order valence-corrected chi connectivity index (χ4v) is 5.29. The Bertz CT molecular complexity index is 539. The van der Waals surface area contributed by atoms with Crippen LogP contribution in [0.2, 0.25) is 0 Å². The lowest BCUT2D eigenvalue weighted by molar-refractivity contribution is -0.123. The fraction of sp³-hybridized carbons (Fsp3) is 0.914. The van der Waals surface area contributed by atoms with Gasteiger partial charge in [0.15, 0.2) is 0 Å². The van der Waals surface area contributed by atoms with Crippen LogP contribution in [0.25, 0.3) is 0 Å². The average molecular weight is 568 g/mol. The third kappa shape index (κ3) is 28.6. The maximum absolute atomic E-state index is 12.3. The van der Waals surface area contributed by atoms with E-state index >= 15 is 0 Å². The summed E-state index contributed by atoms with van der Waals surface area (Å²) in [6, 6.07) is -0.619. The molecular weight excluding hydrogens is 498 g/mol. The van der Waals surface area contributed by atoms with Crippen LogP contribution in [0.5, 0.6) is 0 Å². The van der Waals surface area contributed by atoms with Crippen molar-refractivity contribution in [2.24, 2.45) is 0 Å². The minimum atomic E-state index is -0.836. The summed E-state index contributed by atoms with van der Waals surface area (Å²) in [6.45, 7) is 2.91. The summed E-state index contributed by atoms with van der Waals surface area (Å²) in [7, 11) is 1.77. The molecule has 0 spiro atoms. The fourth-order valence-electron chi connectivity index (χ4n) is 5.29. The van der Waals surface area contributed by atoms with Crippen molar-refractivity contribution in [2.75, 3.05) is 20.3 Å². The van der Waals surface area contributed by atoms with Gasteiger partial charge in [-0.05, 0) is 25.7 Å². The van der Waals surface area contributed by atoms with Crippen LogP contribution in [0.15, 0.2) is 12.2 Å². The Morgan fingerprint density at radius 1 is 0.675 bits per heavy atom. The Hall–Kier alpha value is -0.910. The molecule has 2 atom stereocenters. The molecule has 0 aliphatic heterocycles. The number of hydrogen-bond acceptors (Lipinski definition) is 4. The van der Waals surface area contributed by atoms with E-state index in [1.54, 1.807) is 13.2 Å². The highest BCUT2D eigenvalue weighted by Crippen LogP contribution is 2.14. The zero-order valence-corrected chi connectivity index (χ0v) is 26.8. The summed E-state index contributed by atoms with van der Waals surface area (Å²) in [5, 5.41) is 22.8. The van der Waals surface area contributed by atoms with Crippen LogP contribution in [0.4, 0.5) is 0 Å². The van der Waals surface area contributed by atoms with E-state index in [4.69, 9.17) is 4.74 Å². The number of nitrogens with one attached hydrogen (secondary N) is 1. The highest BCUT2D eigenvalue weighted by atomic mass is 16.5. The van der Waals surface area contributed by atoms with E-state index in [1.807, 2.05) is 6.08 Å². The molecule has 0 fully saturated rings. The first-order valence-electron chi connectivity index (χ1n) is 17.4. The molecule has 0 heterocycles. The van der Waals surface area contributed by atoms with Crippen molar-refractivity contribution in [1.29, 1.82) is 0 Å². The number of amides is 1. The van der Waals surface area contributed by atoms with E-state index < -0.39 is 12.1 Å². The molecule has 1 amide bonds. The van der Waals surface area contributed by atoms with Gasteiger partial charge in [0.1, 0.15) is 0 Å². The van der Waals surface area contributed by atoms with Gasteiger partial charge in [0, 0.05) is 20.1 Å². The average Bonchev–Trinajstić information content (AvgIpc) is 2.96. The van der Waals surface area contributed by atoms with Gasteiger partial charge < -0.3 is 20.3 Å². The highest BCUT2D eigenvalue weighted by molar-refractivity contribution is 5.76. The van der Waals surface area contributed by atoms with E-state index in [2.05, 4.69) is 12.2 Å². The largest absolute Gasteiger partial charge is 0.394 e. The summed E-state index contributed by atoms with van der Waals surface area (Å²) >= 11 is 0. The number of aliphatic hydroxyl groups excluding tert-OH is 2. The Kier molecular flexibility index (Phi) is 31.9. The van der Waals surface area contributed by atoms with Crippen molar-refractivity contribution < 1.29 is 19.7 Å². The van der Waals surface area contributed by atoms with Crippen LogP contribution in [0, 0.1) is 0 Å². The van der Waals surface area contributed by atoms with Crippen molar-refractivity contribution in [3.05, 3.63) is 12.2 Å². The van der Waals surface area contributed by atoms with Crippen molar-refractivity contribution in [2.45, 2.75) is 186 Å². The van der Waals surface area contributed by atoms with E-state index in [0.29, 0.717) is 6.42 Å². The first kappa shape index (κ1) is 39.1. The highest BCUT2D eigenvalue weighted by Gasteiger charge is 2.17. The molecule has 5 nitrogen and oxygen atoms in total. The number of methoxy groups -OCH3 is 1. The molecule has 0 aromatic carbocycles. The van der Waals surface area contributed by atoms with Gasteiger partial charge in [-0.1, -0.05) is 154 Å². The number of ether oxygens (including phenoxy) is 1. The van der Waals surface area contributed by atoms with Gasteiger partial charge in [0.2, 0.25) is 5.91 Å². The zero-order valence-electron chi connectivity index (χ0n) is 26.8. The molecular formula is C35H69NO4. The second kappa shape index (κ2) is 32.6. The second-order valence-electron chi connectivity index (χ2n) is 11.9. The Balaban J connectivity index is 3.60. The number of aliphatic hydroxyl groups is 2. The van der Waals surface area contributed by atoms with Crippen LogP contribution >= 0.6 is 0 Å². The van der Waals surface area contributed by atoms with Gasteiger partial charge in [-0.25, -0.2) is 0 Å². The first-order valence-corrected chi connectivity index (χ1v) is 17.4. The number of rotatable bonds is 32. The molecule has 238 valence electrons. The predicted molar refractivity (Wildman–Crippen MR) is 172 cm³/mol. The molecule has 40 heavy (non-hydrogen) atoms. The van der Waals surface area contributed by atoms with Gasteiger partial charge in [0.25, 0.3) is 0 Å². The summed E-state index contributed by atoms with van der Waals surface area (Å²) in [5.74, 6) is -0.0703. The van der Waals surface area contributed by atoms with Crippen LogP contribution < -0.4 is 5.32 Å². The smallest absolute Gasteiger partial charge is 0.220 e. The topological polar surface area (TPSA) is 78.8 Å². The SMILES string of the molecule is CCCCCCCCCCCCC/C=C/[C@@H](O)[C@H](CO)NC(=O)CCCCCCCCCCCCCCCOC. The maximum atomic E-state index is 12.3. The van der Waals surface area contributed by atoms with Crippen LogP contribution in [0.1, 0.15) is 174 Å². The number of unbranched alkanes of at least 4 members (excludes halogenated alkanes) is 23. The lowest BCUT2D eigenvalue weighted by Crippen LogP contribution is -2.45. The molecule has 0 aromatic rings. The number of carbonyl (C=O) groups excluding carboxylic acids is 1. The van der Waals surface area contributed by atoms with Crippen LogP contribution in [0.3, 0.4) is 0 Å². The molecule has 0 saturated heterocycles. The van der Waals surface area contributed by atoms with Crippen molar-refractivity contribution in [1.82, 2.24) is 5.32 Å². The third-order valence-electron chi connectivity index (χ3n) is 8.02. The lowest BCUT2D eigenvalue weighted by atomic mass is 10.0. The standard InChI is InChI=1S/C35H69NO4/c1-3-4-5-6-7-8-9-11-14-17-20-23-26-29-34(38)33(32-37)36-35(39)30-27-24-21-18-15-12-10-13-16-19-22-25-28-31-40-2/h26,29,33-34,37-38H,3-25,27-28,30-32H2,1-2H3,(H,36,39)/b29-26+/t33-,34+/m0/s1. The summed E-state index contributed by atoms with van der Waals surface area (Å²) in [6.07, 6.45) is 35.1. The Labute approximate surface area is 249 Å². The summed E-state index contributed by atoms with van der Waals surface area (Å²) < 4.78 is 5.09. The van der Waals surface area contributed by atoms with Gasteiger partial charge in [-0.15, -0.1) is 0 Å². The summed E-state index contributed by atoms with van der Waals surface area (Å²) in [4.78, 5) is 12.3. The van der Waals surface area contributed by atoms with E-state index in [9.17, 15) is 15.0 Å². The maximum Gasteiger partial charge on any atom is 0.220 e. The Morgan fingerprint density at radius 3 is 1.55 bits per heavy atom. The number of allylic oxidation sites excluding steroid dienone is 1. The number of carbonyl (C=O) groups is 1. The Morgan fingerprint density at radius 2 is 1.10 bits per heavy atom. The monoisotopic (exact) mass is 568 g/mol. The quantitative estimate of drug-likeness (QED) is 0.0559. The molecule has 0 rings (SSSR count). The molecule has 0 unspecified atom stereocenters. The third-order valence-corrected chi connectivity index (χ3v) is 8.02. The van der Waals surface area contributed by atoms with Crippen LogP contribution in [-0.4, -0.2) is 48.6 Å². The number of hydrogen-bond donors (Lipinski definition) is 3. The van der Waals surface area contributed by atoms with Crippen LogP contribution in [-0.2, 0) is 9.53 Å². The minimum Gasteiger partial charge on any atom is -0.394 e. The van der Waals surface area contributed by atoms with Crippen molar-refractivity contribution in [3.63, 3.8) is 0 Å². The normalized spacial score (nSPS) is 13.2. The molecule has 3 N–H and O–H groups in total. The molecule has 0 bridgehead atoms. The minimum absolute atomic E-state index is 0.0703. The van der Waals surface area contributed by atoms with E-state index in [0.717, 1.165) is 32.3 Å². The molecule has 0 saturated carbocycles. The molecule has 5 heteroatoms. The van der Waals surface area contributed by atoms with E-state index in [-0.39, 0.29) is 12.5 Å². The van der Waals surface area contributed by atoms with Crippen molar-refractivity contribution >= 4 is 5.91 Å². The van der Waals surface area contributed by atoms with Gasteiger partial charge in [0.05, 0.1) is 18.8 Å². The van der Waals surface area contributed by atoms with Crippen molar-refractivity contribution in [3.8, 4) is 0 Å². The van der Waals surface area contributed by atoms with Gasteiger partial charge in [-0.2, -0.15) is 0 Å². The zero-order chi connectivity index (χ0) is 29.4. The second-order valence-corrected chi connectivity index (χ2v) is 11.9. The predicted octanol–water partition coefficient (Wildman–Crippen LogP) is 9.19. The molecule has 0 aliphatic rings. The van der Waals surface area contributed by atoms with Gasteiger partial charge in [-0.3, -0.25) is 4.79 Å². The molecule has 0 aliphatic carbocycles. The molecule has 0 aromatic heterocycles. The first-order chi connectivity index (χ1) is 19.7.